The summed E-state index contributed by atoms with van der Waals surface area (Å²) in [4.78, 5) is 28.1. The van der Waals surface area contributed by atoms with Gasteiger partial charge in [0, 0.05) is 50.1 Å². The summed E-state index contributed by atoms with van der Waals surface area (Å²) >= 11 is 0. The normalized spacial score (nSPS) is 10.5. The van der Waals surface area contributed by atoms with Gasteiger partial charge in [0.15, 0.2) is 0 Å². The summed E-state index contributed by atoms with van der Waals surface area (Å²) in [5, 5.41) is 4.10. The lowest BCUT2D eigenvalue weighted by atomic mass is 10.1. The highest BCUT2D eigenvalue weighted by Crippen LogP contribution is 2.17. The molecule has 0 bridgehead atoms. The van der Waals surface area contributed by atoms with Crippen molar-refractivity contribution in [1.82, 2.24) is 15.2 Å². The first-order valence-corrected chi connectivity index (χ1v) is 7.80. The molecule has 1 aromatic heterocycles. The van der Waals surface area contributed by atoms with Crippen molar-refractivity contribution < 1.29 is 9.59 Å². The summed E-state index contributed by atoms with van der Waals surface area (Å²) in [5.41, 5.74) is 2.30. The van der Waals surface area contributed by atoms with Gasteiger partial charge in [-0.2, -0.15) is 0 Å². The predicted molar refractivity (Wildman–Crippen MR) is 92.1 cm³/mol. The molecule has 2 amide bonds. The van der Waals surface area contributed by atoms with E-state index in [4.69, 9.17) is 0 Å². The Hall–Kier alpha value is -2.56. The highest BCUT2D eigenvalue weighted by atomic mass is 16.2. The molecule has 0 saturated carbocycles. The summed E-state index contributed by atoms with van der Waals surface area (Å²) in [5.74, 6) is -0.0864. The molecule has 0 aliphatic heterocycles. The first kappa shape index (κ1) is 16.8. The van der Waals surface area contributed by atoms with Gasteiger partial charge in [0.2, 0.25) is 11.8 Å². The summed E-state index contributed by atoms with van der Waals surface area (Å²) in [6.07, 6.45) is 4.73. The Kier molecular flexibility index (Phi) is 5.97. The summed E-state index contributed by atoms with van der Waals surface area (Å²) < 4.78 is 0. The van der Waals surface area contributed by atoms with Gasteiger partial charge in [-0.05, 0) is 18.1 Å². The van der Waals surface area contributed by atoms with Crippen molar-refractivity contribution >= 4 is 22.7 Å². The number of rotatable bonds is 8. The fourth-order valence-corrected chi connectivity index (χ4v) is 2.53. The number of para-hydroxylation sites is 1. The molecule has 0 fully saturated rings. The second-order valence-corrected chi connectivity index (χ2v) is 5.46. The van der Waals surface area contributed by atoms with Crippen LogP contribution in [0.2, 0.25) is 0 Å². The molecular formula is C18H23N3O2. The lowest BCUT2D eigenvalue weighted by molar-refractivity contribution is -0.129. The molecule has 0 aliphatic carbocycles. The number of nitrogens with zero attached hydrogens (tertiary/aromatic N) is 1. The average Bonchev–Trinajstić information content (AvgIpc) is 2.94. The van der Waals surface area contributed by atoms with Crippen molar-refractivity contribution in [3.63, 3.8) is 0 Å². The van der Waals surface area contributed by atoms with Crippen molar-refractivity contribution in [1.29, 1.82) is 0 Å². The van der Waals surface area contributed by atoms with Gasteiger partial charge in [-0.1, -0.05) is 24.3 Å². The summed E-state index contributed by atoms with van der Waals surface area (Å²) in [7, 11) is 0. The third-order valence-electron chi connectivity index (χ3n) is 3.80. The van der Waals surface area contributed by atoms with E-state index in [1.165, 1.54) is 17.9 Å². The van der Waals surface area contributed by atoms with Crippen LogP contribution in [0.3, 0.4) is 0 Å². The molecule has 2 aromatic rings. The molecule has 2 rings (SSSR count). The van der Waals surface area contributed by atoms with Crippen LogP contribution in [0.25, 0.3) is 10.9 Å². The van der Waals surface area contributed by atoms with E-state index in [2.05, 4.69) is 22.9 Å². The number of aromatic nitrogens is 1. The van der Waals surface area contributed by atoms with Crippen LogP contribution in [0.15, 0.2) is 43.1 Å². The van der Waals surface area contributed by atoms with Crippen molar-refractivity contribution in [2.45, 2.75) is 19.8 Å². The molecule has 1 aromatic carbocycles. The van der Waals surface area contributed by atoms with Crippen molar-refractivity contribution in [3.05, 3.63) is 48.7 Å². The topological polar surface area (TPSA) is 65.2 Å². The van der Waals surface area contributed by atoms with Crippen molar-refractivity contribution in [3.8, 4) is 0 Å². The number of hydrogen-bond acceptors (Lipinski definition) is 2. The molecule has 0 spiro atoms. The monoisotopic (exact) mass is 313 g/mol. The molecule has 5 heteroatoms. The first-order valence-electron chi connectivity index (χ1n) is 7.80. The van der Waals surface area contributed by atoms with Gasteiger partial charge >= 0.3 is 0 Å². The van der Waals surface area contributed by atoms with Gasteiger partial charge in [-0.3, -0.25) is 9.59 Å². The van der Waals surface area contributed by atoms with E-state index in [1.54, 1.807) is 11.0 Å². The van der Waals surface area contributed by atoms with Crippen molar-refractivity contribution in [2.75, 3.05) is 19.6 Å². The molecule has 23 heavy (non-hydrogen) atoms. The first-order chi connectivity index (χ1) is 11.1. The van der Waals surface area contributed by atoms with Crippen LogP contribution in [0.1, 0.15) is 18.9 Å². The van der Waals surface area contributed by atoms with Crippen molar-refractivity contribution in [2.24, 2.45) is 0 Å². The number of carbonyl (C=O) groups excluding carboxylic acids is 2. The zero-order chi connectivity index (χ0) is 16.7. The van der Waals surface area contributed by atoms with E-state index in [0.717, 1.165) is 11.9 Å². The molecule has 0 unspecified atom stereocenters. The minimum absolute atomic E-state index is 0.0415. The van der Waals surface area contributed by atoms with Crippen LogP contribution in [-0.2, 0) is 16.0 Å². The van der Waals surface area contributed by atoms with Gasteiger partial charge in [0.25, 0.3) is 0 Å². The second-order valence-electron chi connectivity index (χ2n) is 5.46. The van der Waals surface area contributed by atoms with Crippen LogP contribution < -0.4 is 5.32 Å². The fourth-order valence-electron chi connectivity index (χ4n) is 2.53. The quantitative estimate of drug-likeness (QED) is 0.734. The molecule has 5 nitrogen and oxygen atoms in total. The van der Waals surface area contributed by atoms with Gasteiger partial charge in [0.05, 0.1) is 0 Å². The van der Waals surface area contributed by atoms with E-state index in [-0.39, 0.29) is 11.8 Å². The van der Waals surface area contributed by atoms with Crippen LogP contribution in [0.5, 0.6) is 0 Å². The molecule has 0 radical (unpaired) electrons. The largest absolute Gasteiger partial charge is 0.361 e. The number of carbonyl (C=O) groups is 2. The minimum Gasteiger partial charge on any atom is -0.361 e. The SMILES string of the molecule is C=CCN(CCC(=O)NCCc1c[nH]c2ccccc12)C(C)=O. The van der Waals surface area contributed by atoms with E-state index < -0.39 is 0 Å². The van der Waals surface area contributed by atoms with Crippen LogP contribution in [-0.4, -0.2) is 41.3 Å². The standard InChI is InChI=1S/C18H23N3O2/c1-3-11-21(14(2)22)12-9-18(23)19-10-8-15-13-20-17-7-5-4-6-16(15)17/h3-7,13,20H,1,8-12H2,2H3,(H,19,23). The number of aromatic amines is 1. The van der Waals surface area contributed by atoms with E-state index in [1.807, 2.05) is 24.4 Å². The van der Waals surface area contributed by atoms with E-state index in [0.29, 0.717) is 26.1 Å². The number of amides is 2. The van der Waals surface area contributed by atoms with E-state index in [9.17, 15) is 9.59 Å². The highest BCUT2D eigenvalue weighted by Gasteiger charge is 2.09. The summed E-state index contributed by atoms with van der Waals surface area (Å²) in [6.45, 7) is 6.59. The Morgan fingerprint density at radius 2 is 2.13 bits per heavy atom. The molecule has 0 saturated heterocycles. The maximum absolute atomic E-state index is 11.9. The number of nitrogens with one attached hydrogen (secondary N) is 2. The predicted octanol–water partition coefficient (Wildman–Crippen LogP) is 2.25. The maximum Gasteiger partial charge on any atom is 0.221 e. The lowest BCUT2D eigenvalue weighted by Crippen LogP contribution is -2.34. The number of fused-ring (bicyclic) bond motifs is 1. The molecule has 2 N–H and O–H groups in total. The van der Waals surface area contributed by atoms with Crippen LogP contribution in [0.4, 0.5) is 0 Å². The lowest BCUT2D eigenvalue weighted by Gasteiger charge is -2.18. The van der Waals surface area contributed by atoms with E-state index >= 15 is 0 Å². The molecule has 1 heterocycles. The van der Waals surface area contributed by atoms with Gasteiger partial charge in [-0.15, -0.1) is 6.58 Å². The Morgan fingerprint density at radius 1 is 1.35 bits per heavy atom. The third-order valence-corrected chi connectivity index (χ3v) is 3.80. The minimum atomic E-state index is -0.0449. The fraction of sp³-hybridized carbons (Fsp3) is 0.333. The van der Waals surface area contributed by atoms with Gasteiger partial charge in [0.1, 0.15) is 0 Å². The van der Waals surface area contributed by atoms with Crippen LogP contribution >= 0.6 is 0 Å². The molecular weight excluding hydrogens is 290 g/mol. The number of H-pyrrole nitrogens is 1. The highest BCUT2D eigenvalue weighted by molar-refractivity contribution is 5.83. The molecule has 0 aliphatic rings. The zero-order valence-corrected chi connectivity index (χ0v) is 13.5. The number of hydrogen-bond donors (Lipinski definition) is 2. The average molecular weight is 313 g/mol. The van der Waals surface area contributed by atoms with Crippen LogP contribution in [0, 0.1) is 0 Å². The zero-order valence-electron chi connectivity index (χ0n) is 13.5. The molecule has 0 atom stereocenters. The Morgan fingerprint density at radius 3 is 2.87 bits per heavy atom. The number of benzene rings is 1. The molecule has 122 valence electrons. The van der Waals surface area contributed by atoms with Gasteiger partial charge in [-0.25, -0.2) is 0 Å². The third kappa shape index (κ3) is 4.71. The Labute approximate surface area is 136 Å². The van der Waals surface area contributed by atoms with Gasteiger partial charge < -0.3 is 15.2 Å². The Bertz CT molecular complexity index is 690. The smallest absolute Gasteiger partial charge is 0.221 e. The summed E-state index contributed by atoms with van der Waals surface area (Å²) in [6, 6.07) is 8.11. The maximum atomic E-state index is 11.9. The second kappa shape index (κ2) is 8.17. The Balaban J connectivity index is 1.76.